The van der Waals surface area contributed by atoms with Gasteiger partial charge in [-0.3, -0.25) is 4.98 Å². The van der Waals surface area contributed by atoms with E-state index in [9.17, 15) is 13.2 Å². The maximum atomic E-state index is 13.0. The number of ether oxygens (including phenoxy) is 1. The molecule has 5 rings (SSSR count). The number of halogens is 4. The molecule has 4 aromatic rings. The minimum Gasteiger partial charge on any atom is -0.438 e. The van der Waals surface area contributed by atoms with E-state index in [1.807, 2.05) is 30.3 Å². The van der Waals surface area contributed by atoms with Gasteiger partial charge in [0, 0.05) is 12.6 Å². The molecule has 0 saturated carbocycles. The van der Waals surface area contributed by atoms with E-state index in [1.165, 1.54) is 0 Å². The second-order valence-electron chi connectivity index (χ2n) is 6.84. The van der Waals surface area contributed by atoms with Crippen LogP contribution in [-0.2, 0) is 12.6 Å². The van der Waals surface area contributed by atoms with Gasteiger partial charge in [0.1, 0.15) is 5.52 Å². The summed E-state index contributed by atoms with van der Waals surface area (Å²) in [5, 5.41) is 3.05. The molecule has 0 radical (unpaired) electrons. The predicted octanol–water partition coefficient (Wildman–Crippen LogP) is 6.31. The zero-order valence-corrected chi connectivity index (χ0v) is 16.5. The monoisotopic (exact) mass is 443 g/mol. The molecule has 0 saturated heterocycles. The number of pyridine rings is 1. The molecule has 1 N–H and O–H groups in total. The van der Waals surface area contributed by atoms with Crippen LogP contribution in [0.4, 0.5) is 18.9 Å². The zero-order valence-electron chi connectivity index (χ0n) is 15.7. The molecule has 0 amide bonds. The van der Waals surface area contributed by atoms with Gasteiger partial charge in [0.05, 0.1) is 27.5 Å². The lowest BCUT2D eigenvalue weighted by atomic mass is 10.1. The van der Waals surface area contributed by atoms with Gasteiger partial charge in [-0.1, -0.05) is 35.9 Å². The van der Waals surface area contributed by atoms with E-state index >= 15 is 0 Å². The standard InChI is InChI=1S/C22H13ClF3N3O2/c23-14-9-12(22(24,25)26)11-27-17(14)10-13(20-28-15-5-1-3-7-18(15)30-20)21-29-16-6-2-4-8-19(16)31-21/h1-9,11,28H,10H2. The van der Waals surface area contributed by atoms with E-state index in [4.69, 9.17) is 20.8 Å². The number of oxazole rings is 1. The van der Waals surface area contributed by atoms with Crippen molar-refractivity contribution in [2.24, 2.45) is 0 Å². The zero-order chi connectivity index (χ0) is 21.6. The van der Waals surface area contributed by atoms with Gasteiger partial charge in [-0.15, -0.1) is 0 Å². The van der Waals surface area contributed by atoms with E-state index in [2.05, 4.69) is 15.3 Å². The van der Waals surface area contributed by atoms with Gasteiger partial charge >= 0.3 is 6.18 Å². The maximum absolute atomic E-state index is 13.0. The molecule has 0 atom stereocenters. The van der Waals surface area contributed by atoms with Gasteiger partial charge in [0.25, 0.3) is 0 Å². The van der Waals surface area contributed by atoms with Crippen molar-refractivity contribution in [3.05, 3.63) is 88.8 Å². The second kappa shape index (κ2) is 7.31. The van der Waals surface area contributed by atoms with Crippen LogP contribution in [0.1, 0.15) is 17.1 Å². The Labute approximate surface area is 179 Å². The SMILES string of the molecule is FC(F)(F)c1cnc(CC(=C2Nc3ccccc3O2)c2nc3ccccc3o2)c(Cl)c1. The summed E-state index contributed by atoms with van der Waals surface area (Å²) >= 11 is 6.14. The molecular formula is C22H13ClF3N3O2. The summed E-state index contributed by atoms with van der Waals surface area (Å²) in [5.41, 5.74) is 1.75. The van der Waals surface area contributed by atoms with Crippen molar-refractivity contribution in [2.75, 3.05) is 5.32 Å². The number of fused-ring (bicyclic) bond motifs is 2. The Morgan fingerprint density at radius 3 is 2.58 bits per heavy atom. The van der Waals surface area contributed by atoms with E-state index < -0.39 is 11.7 Å². The molecule has 0 fully saturated rings. The summed E-state index contributed by atoms with van der Waals surface area (Å²) in [7, 11) is 0. The first-order valence-electron chi connectivity index (χ1n) is 9.23. The fourth-order valence-corrected chi connectivity index (χ4v) is 3.46. The number of hydrogen-bond donors (Lipinski definition) is 1. The van der Waals surface area contributed by atoms with E-state index in [1.54, 1.807) is 18.2 Å². The minimum atomic E-state index is -4.53. The smallest absolute Gasteiger partial charge is 0.417 e. The quantitative estimate of drug-likeness (QED) is 0.402. The number of allylic oxidation sites excluding steroid dienone is 1. The Balaban J connectivity index is 1.59. The average molecular weight is 444 g/mol. The first kappa shape index (κ1) is 19.4. The van der Waals surface area contributed by atoms with Gasteiger partial charge in [0.2, 0.25) is 11.8 Å². The average Bonchev–Trinajstić information content (AvgIpc) is 3.36. The highest BCUT2D eigenvalue weighted by Crippen LogP contribution is 2.38. The largest absolute Gasteiger partial charge is 0.438 e. The summed E-state index contributed by atoms with van der Waals surface area (Å²) in [5.74, 6) is 1.22. The molecule has 0 bridgehead atoms. The topological polar surface area (TPSA) is 60.2 Å². The molecule has 3 heterocycles. The Kier molecular flexibility index (Phi) is 4.59. The predicted molar refractivity (Wildman–Crippen MR) is 110 cm³/mol. The molecule has 2 aromatic heterocycles. The molecule has 31 heavy (non-hydrogen) atoms. The third kappa shape index (κ3) is 3.70. The molecule has 0 unspecified atom stereocenters. The number of hydrogen-bond acceptors (Lipinski definition) is 5. The Morgan fingerprint density at radius 1 is 1.06 bits per heavy atom. The van der Waals surface area contributed by atoms with Crippen LogP contribution >= 0.6 is 11.6 Å². The fourth-order valence-electron chi connectivity index (χ4n) is 3.23. The highest BCUT2D eigenvalue weighted by atomic mass is 35.5. The van der Waals surface area contributed by atoms with Gasteiger partial charge in [-0.05, 0) is 30.3 Å². The lowest BCUT2D eigenvalue weighted by Gasteiger charge is -2.11. The van der Waals surface area contributed by atoms with Crippen LogP contribution in [0.25, 0.3) is 16.7 Å². The van der Waals surface area contributed by atoms with Crippen molar-refractivity contribution in [1.29, 1.82) is 0 Å². The van der Waals surface area contributed by atoms with E-state index in [0.29, 0.717) is 28.3 Å². The summed E-state index contributed by atoms with van der Waals surface area (Å²) in [4.78, 5) is 8.45. The van der Waals surface area contributed by atoms with Crippen molar-refractivity contribution in [3.63, 3.8) is 0 Å². The first-order valence-corrected chi connectivity index (χ1v) is 9.61. The fraction of sp³-hybridized carbons (Fsp3) is 0.0909. The molecular weight excluding hydrogens is 431 g/mol. The van der Waals surface area contributed by atoms with Crippen LogP contribution in [-0.4, -0.2) is 9.97 Å². The number of aromatic nitrogens is 2. The number of anilines is 1. The van der Waals surface area contributed by atoms with Gasteiger partial charge < -0.3 is 14.5 Å². The van der Waals surface area contributed by atoms with Gasteiger partial charge in [-0.2, -0.15) is 13.2 Å². The number of alkyl halides is 3. The Morgan fingerprint density at radius 2 is 1.84 bits per heavy atom. The maximum Gasteiger partial charge on any atom is 0.417 e. The summed E-state index contributed by atoms with van der Waals surface area (Å²) in [6.07, 6.45) is -3.73. The van der Waals surface area contributed by atoms with Crippen molar-refractivity contribution in [2.45, 2.75) is 12.6 Å². The summed E-state index contributed by atoms with van der Waals surface area (Å²) in [6, 6.07) is 15.4. The third-order valence-corrected chi connectivity index (χ3v) is 5.09. The van der Waals surface area contributed by atoms with Crippen molar-refractivity contribution in [3.8, 4) is 5.75 Å². The Hall–Kier alpha value is -3.52. The highest BCUT2D eigenvalue weighted by molar-refractivity contribution is 6.31. The lowest BCUT2D eigenvalue weighted by molar-refractivity contribution is -0.137. The van der Waals surface area contributed by atoms with Crippen LogP contribution in [0.15, 0.2) is 71.1 Å². The number of nitrogens with zero attached hydrogens (tertiary/aromatic N) is 2. The number of rotatable bonds is 3. The Bertz CT molecular complexity index is 1270. The highest BCUT2D eigenvalue weighted by Gasteiger charge is 2.32. The van der Waals surface area contributed by atoms with Crippen LogP contribution < -0.4 is 10.1 Å². The normalized spacial score (nSPS) is 14.8. The minimum absolute atomic E-state index is 0.0418. The lowest BCUT2D eigenvalue weighted by Crippen LogP contribution is -2.09. The van der Waals surface area contributed by atoms with Crippen LogP contribution in [0.3, 0.4) is 0 Å². The number of nitrogens with one attached hydrogen (secondary N) is 1. The van der Waals surface area contributed by atoms with E-state index in [-0.39, 0.29) is 23.0 Å². The van der Waals surface area contributed by atoms with Crippen molar-refractivity contribution in [1.82, 2.24) is 9.97 Å². The second-order valence-corrected chi connectivity index (χ2v) is 7.25. The van der Waals surface area contributed by atoms with E-state index in [0.717, 1.165) is 18.0 Å². The molecule has 156 valence electrons. The van der Waals surface area contributed by atoms with Crippen molar-refractivity contribution >= 4 is 34.0 Å². The van der Waals surface area contributed by atoms with Gasteiger partial charge in [-0.25, -0.2) is 4.98 Å². The third-order valence-electron chi connectivity index (χ3n) is 4.76. The molecule has 1 aliphatic rings. The molecule has 0 aliphatic carbocycles. The number of para-hydroxylation sites is 4. The molecule has 5 nitrogen and oxygen atoms in total. The van der Waals surface area contributed by atoms with Gasteiger partial charge in [0.15, 0.2) is 11.3 Å². The first-order chi connectivity index (χ1) is 14.9. The van der Waals surface area contributed by atoms with Crippen LogP contribution in [0, 0.1) is 0 Å². The van der Waals surface area contributed by atoms with Crippen molar-refractivity contribution < 1.29 is 22.3 Å². The molecule has 0 spiro atoms. The van der Waals surface area contributed by atoms with Crippen LogP contribution in [0.2, 0.25) is 5.02 Å². The summed E-state index contributed by atoms with van der Waals surface area (Å²) < 4.78 is 50.8. The molecule has 1 aliphatic heterocycles. The molecule has 9 heteroatoms. The number of benzene rings is 2. The van der Waals surface area contributed by atoms with Crippen LogP contribution in [0.5, 0.6) is 5.75 Å². The summed E-state index contributed by atoms with van der Waals surface area (Å²) in [6.45, 7) is 0. The molecule has 2 aromatic carbocycles.